The first kappa shape index (κ1) is 21.5. The molecule has 0 aliphatic heterocycles. The van der Waals surface area contributed by atoms with E-state index < -0.39 is 23.6 Å². The largest absolute Gasteiger partial charge is 0.467 e. The zero-order valence-electron chi connectivity index (χ0n) is 18.4. The van der Waals surface area contributed by atoms with Crippen LogP contribution in [0, 0.1) is 0 Å². The van der Waals surface area contributed by atoms with E-state index in [0.717, 1.165) is 15.8 Å². The predicted octanol–water partition coefficient (Wildman–Crippen LogP) is 0.820. The Morgan fingerprint density at radius 3 is 2.68 bits per heavy atom. The van der Waals surface area contributed by atoms with Crippen molar-refractivity contribution >= 4 is 5.91 Å². The van der Waals surface area contributed by atoms with E-state index in [4.69, 9.17) is 4.74 Å². The minimum absolute atomic E-state index is 0.138. The molecule has 3 heterocycles. The van der Waals surface area contributed by atoms with Crippen molar-refractivity contribution in [3.63, 3.8) is 0 Å². The highest BCUT2D eigenvalue weighted by Gasteiger charge is 2.33. The lowest BCUT2D eigenvalue weighted by molar-refractivity contribution is 0.0856. The zero-order chi connectivity index (χ0) is 23.8. The van der Waals surface area contributed by atoms with Crippen LogP contribution < -0.4 is 15.6 Å². The molecule has 11 nitrogen and oxygen atoms in total. The maximum atomic E-state index is 13.3. The van der Waals surface area contributed by atoms with Gasteiger partial charge in [-0.25, -0.2) is 9.97 Å². The van der Waals surface area contributed by atoms with Crippen LogP contribution >= 0.6 is 0 Å². The third-order valence-corrected chi connectivity index (χ3v) is 5.69. The highest BCUT2D eigenvalue weighted by atomic mass is 16.5. The number of hydrogen-bond acceptors (Lipinski definition) is 8. The maximum absolute atomic E-state index is 13.3. The van der Waals surface area contributed by atoms with Gasteiger partial charge in [-0.3, -0.25) is 14.3 Å². The number of rotatable bonds is 5. The number of nitrogens with zero attached hydrogens (tertiary/aromatic N) is 6. The summed E-state index contributed by atoms with van der Waals surface area (Å²) >= 11 is 0. The Morgan fingerprint density at radius 1 is 1.21 bits per heavy atom. The number of ether oxygens (including phenoxy) is 1. The minimum Gasteiger partial charge on any atom is -0.467 e. The van der Waals surface area contributed by atoms with Gasteiger partial charge in [-0.05, 0) is 17.2 Å². The molecule has 0 saturated carbocycles. The van der Waals surface area contributed by atoms with E-state index >= 15 is 0 Å². The molecule has 0 unspecified atom stereocenters. The van der Waals surface area contributed by atoms with Crippen LogP contribution in [0.1, 0.15) is 27.5 Å². The van der Waals surface area contributed by atoms with Gasteiger partial charge in [0.1, 0.15) is 11.3 Å². The molecule has 172 valence electrons. The lowest BCUT2D eigenvalue weighted by Gasteiger charge is -2.18. The smallest absolute Gasteiger partial charge is 0.316 e. The number of aliphatic hydroxyl groups excluding tert-OH is 1. The maximum Gasteiger partial charge on any atom is 0.316 e. The third kappa shape index (κ3) is 3.82. The molecule has 0 bridgehead atoms. The predicted molar refractivity (Wildman–Crippen MR) is 121 cm³/mol. The average molecular weight is 459 g/mol. The average Bonchev–Trinajstić information content (AvgIpc) is 3.42. The fourth-order valence-corrected chi connectivity index (χ4v) is 4.01. The number of nitrogens with one attached hydrogen (secondary N) is 1. The Morgan fingerprint density at radius 2 is 1.97 bits per heavy atom. The first-order valence-corrected chi connectivity index (χ1v) is 10.5. The van der Waals surface area contributed by atoms with Crippen molar-refractivity contribution in [1.82, 2.24) is 34.8 Å². The van der Waals surface area contributed by atoms with E-state index in [0.29, 0.717) is 23.4 Å². The van der Waals surface area contributed by atoms with Crippen LogP contribution in [0.4, 0.5) is 0 Å². The summed E-state index contributed by atoms with van der Waals surface area (Å²) in [5, 5.41) is 21.9. The first-order chi connectivity index (χ1) is 16.4. The Bertz CT molecular complexity index is 1430. The molecule has 2 atom stereocenters. The van der Waals surface area contributed by atoms with E-state index in [1.807, 2.05) is 24.3 Å². The minimum atomic E-state index is -0.793. The molecule has 0 radical (unpaired) electrons. The number of amides is 1. The monoisotopic (exact) mass is 459 g/mol. The van der Waals surface area contributed by atoms with Gasteiger partial charge >= 0.3 is 6.01 Å². The van der Waals surface area contributed by atoms with E-state index in [1.165, 1.54) is 36.4 Å². The number of hydrogen-bond donors (Lipinski definition) is 2. The van der Waals surface area contributed by atoms with Gasteiger partial charge in [-0.1, -0.05) is 24.3 Å². The Kier molecular flexibility index (Phi) is 5.38. The second-order valence-electron chi connectivity index (χ2n) is 7.91. The van der Waals surface area contributed by atoms with Crippen molar-refractivity contribution in [2.75, 3.05) is 7.11 Å². The molecule has 3 aromatic heterocycles. The van der Waals surface area contributed by atoms with Crippen molar-refractivity contribution in [3.8, 4) is 23.0 Å². The van der Waals surface area contributed by atoms with Gasteiger partial charge in [0.2, 0.25) is 0 Å². The fraction of sp³-hybridized carbons (Fsp3) is 0.217. The number of carbonyl (C=O) groups excluding carboxylic acids is 1. The molecule has 4 aromatic rings. The number of carbonyl (C=O) groups is 1. The van der Waals surface area contributed by atoms with Crippen molar-refractivity contribution in [1.29, 1.82) is 0 Å². The van der Waals surface area contributed by atoms with Gasteiger partial charge < -0.3 is 15.2 Å². The summed E-state index contributed by atoms with van der Waals surface area (Å²) in [6, 6.07) is 8.44. The summed E-state index contributed by atoms with van der Waals surface area (Å²) in [5.41, 5.74) is 2.21. The van der Waals surface area contributed by atoms with E-state index in [-0.39, 0.29) is 11.6 Å². The SMILES string of the molecule is COc1ncc(-c2cc(C(=O)N[C@H]3c4ccccc4C[C@H]3O)c(=O)n(-c3cnn(C)c3)n2)cn1. The van der Waals surface area contributed by atoms with Crippen LogP contribution in [0.3, 0.4) is 0 Å². The van der Waals surface area contributed by atoms with E-state index in [9.17, 15) is 14.7 Å². The summed E-state index contributed by atoms with van der Waals surface area (Å²) in [6.45, 7) is 0. The second-order valence-corrected chi connectivity index (χ2v) is 7.91. The molecular formula is C23H21N7O4. The van der Waals surface area contributed by atoms with E-state index in [2.05, 4.69) is 25.5 Å². The van der Waals surface area contributed by atoms with Crippen LogP contribution in [0.25, 0.3) is 16.9 Å². The molecule has 2 N–H and O–H groups in total. The van der Waals surface area contributed by atoms with Gasteiger partial charge in [0.25, 0.3) is 11.5 Å². The van der Waals surface area contributed by atoms with Crippen LogP contribution in [0.5, 0.6) is 6.01 Å². The number of aliphatic hydroxyl groups is 1. The number of methoxy groups -OCH3 is 1. The van der Waals surface area contributed by atoms with E-state index in [1.54, 1.807) is 13.2 Å². The standard InChI is InChI=1S/C23H21N7O4/c1-29-12-15(11-26-29)30-22(33)17(8-18(28-30)14-9-24-23(34-2)25-10-14)21(32)27-20-16-6-4-3-5-13(16)7-19(20)31/h3-6,8-12,19-20,31H,7H2,1-2H3,(H,27,32)/t19-,20+/m1/s1. The highest BCUT2D eigenvalue weighted by Crippen LogP contribution is 2.31. The summed E-state index contributed by atoms with van der Waals surface area (Å²) in [7, 11) is 3.16. The van der Waals surface area contributed by atoms with Gasteiger partial charge in [-0.15, -0.1) is 0 Å². The number of benzene rings is 1. The molecule has 1 amide bonds. The van der Waals surface area contributed by atoms with Gasteiger partial charge in [-0.2, -0.15) is 14.9 Å². The Hall–Kier alpha value is -4.38. The molecule has 0 spiro atoms. The fourth-order valence-electron chi connectivity index (χ4n) is 4.01. The highest BCUT2D eigenvalue weighted by molar-refractivity contribution is 5.95. The van der Waals surface area contributed by atoms with Crippen molar-refractivity contribution in [2.24, 2.45) is 7.05 Å². The molecular weight excluding hydrogens is 438 g/mol. The molecule has 0 fully saturated rings. The quantitative estimate of drug-likeness (QED) is 0.448. The summed E-state index contributed by atoms with van der Waals surface area (Å²) in [4.78, 5) is 34.8. The molecule has 0 saturated heterocycles. The van der Waals surface area contributed by atoms with Crippen LogP contribution in [0.2, 0.25) is 0 Å². The number of aryl methyl sites for hydroxylation is 1. The molecule has 1 aliphatic carbocycles. The zero-order valence-corrected chi connectivity index (χ0v) is 18.4. The summed E-state index contributed by atoms with van der Waals surface area (Å²) < 4.78 is 7.64. The second kappa shape index (κ2) is 8.52. The van der Waals surface area contributed by atoms with Crippen LogP contribution in [-0.4, -0.2) is 53.8 Å². The van der Waals surface area contributed by atoms with Crippen molar-refractivity contribution in [2.45, 2.75) is 18.6 Å². The molecule has 1 aliphatic rings. The molecule has 5 rings (SSSR count). The van der Waals surface area contributed by atoms with Crippen LogP contribution in [-0.2, 0) is 13.5 Å². The van der Waals surface area contributed by atoms with Crippen LogP contribution in [0.15, 0.2) is 59.9 Å². The molecule has 34 heavy (non-hydrogen) atoms. The van der Waals surface area contributed by atoms with Crippen molar-refractivity contribution < 1.29 is 14.6 Å². The first-order valence-electron chi connectivity index (χ1n) is 10.5. The molecule has 1 aromatic carbocycles. The molecule has 11 heteroatoms. The van der Waals surface area contributed by atoms with Gasteiger partial charge in [0.05, 0.1) is 37.3 Å². The number of fused-ring (bicyclic) bond motifs is 1. The lowest BCUT2D eigenvalue weighted by atomic mass is 10.1. The van der Waals surface area contributed by atoms with Gasteiger partial charge in [0.15, 0.2) is 0 Å². The topological polar surface area (TPSA) is 137 Å². The summed E-state index contributed by atoms with van der Waals surface area (Å²) in [5.74, 6) is -0.624. The Balaban J connectivity index is 1.58. The number of aromatic nitrogens is 6. The lowest BCUT2D eigenvalue weighted by Crippen LogP contribution is -2.38. The Labute approximate surface area is 193 Å². The van der Waals surface area contributed by atoms with Gasteiger partial charge in [0, 0.05) is 31.4 Å². The third-order valence-electron chi connectivity index (χ3n) is 5.69. The normalized spacial score (nSPS) is 16.8. The van der Waals surface area contributed by atoms with Crippen molar-refractivity contribution in [3.05, 3.63) is 82.2 Å². The summed E-state index contributed by atoms with van der Waals surface area (Å²) in [6.07, 6.45) is 5.70.